The van der Waals surface area contributed by atoms with Gasteiger partial charge in [-0.15, -0.1) is 0 Å². The molecule has 0 bridgehead atoms. The average Bonchev–Trinajstić information content (AvgIpc) is 3.68. The monoisotopic (exact) mass is 611 g/mol. The molecular weight excluding hydrogens is 578 g/mol. The fourth-order valence-corrected chi connectivity index (χ4v) is 5.08. The van der Waals surface area contributed by atoms with Crippen molar-refractivity contribution in [2.24, 2.45) is 0 Å². The molecule has 232 valence electrons. The number of carbonyl (C=O) groups excluding carboxylic acids is 4. The molecule has 0 aliphatic carbocycles. The van der Waals surface area contributed by atoms with Crippen molar-refractivity contribution in [3.63, 3.8) is 0 Å². The van der Waals surface area contributed by atoms with Gasteiger partial charge in [-0.1, -0.05) is 41.6 Å². The van der Waals surface area contributed by atoms with Gasteiger partial charge in [0, 0.05) is 24.0 Å². The maximum absolute atomic E-state index is 13.0. The van der Waals surface area contributed by atoms with E-state index in [4.69, 9.17) is 14.0 Å². The second-order valence-electron chi connectivity index (χ2n) is 10.5. The van der Waals surface area contributed by atoms with Crippen LogP contribution >= 0.6 is 0 Å². The van der Waals surface area contributed by atoms with Gasteiger partial charge in [-0.3, -0.25) is 19.3 Å². The van der Waals surface area contributed by atoms with Crippen LogP contribution in [0.2, 0.25) is 0 Å². The van der Waals surface area contributed by atoms with Crippen molar-refractivity contribution in [1.29, 1.82) is 0 Å². The number of urea groups is 1. The molecule has 0 unspecified atom stereocenters. The predicted molar refractivity (Wildman–Crippen MR) is 166 cm³/mol. The summed E-state index contributed by atoms with van der Waals surface area (Å²) in [6.45, 7) is 2.26. The van der Waals surface area contributed by atoms with E-state index >= 15 is 0 Å². The lowest BCUT2D eigenvalue weighted by Crippen LogP contribution is -2.33. The zero-order valence-electron chi connectivity index (χ0n) is 25.1. The highest BCUT2D eigenvalue weighted by Crippen LogP contribution is 2.31. The molecule has 0 saturated heterocycles. The van der Waals surface area contributed by atoms with E-state index in [-0.39, 0.29) is 30.5 Å². The van der Waals surface area contributed by atoms with Crippen LogP contribution in [0.5, 0.6) is 5.75 Å². The molecule has 4 amide bonds. The topological polar surface area (TPSA) is 152 Å². The van der Waals surface area contributed by atoms with Crippen LogP contribution in [0, 0.1) is 6.92 Å². The first-order valence-electron chi connectivity index (χ1n) is 14.3. The van der Waals surface area contributed by atoms with Crippen molar-refractivity contribution in [2.45, 2.75) is 32.2 Å². The number of anilines is 3. The molecule has 12 nitrogen and oxygen atoms in total. The Morgan fingerprint density at radius 3 is 2.47 bits per heavy atom. The summed E-state index contributed by atoms with van der Waals surface area (Å²) in [6, 6.07) is 20.3. The number of nitrogens with zero attached hydrogens (tertiary/aromatic N) is 2. The second kappa shape index (κ2) is 13.8. The van der Waals surface area contributed by atoms with Crippen molar-refractivity contribution >= 4 is 40.9 Å². The molecule has 3 aromatic carbocycles. The first kappa shape index (κ1) is 30.8. The average molecular weight is 612 g/mol. The van der Waals surface area contributed by atoms with Crippen LogP contribution in [-0.2, 0) is 27.2 Å². The number of nitrogens with one attached hydrogen (secondary N) is 3. The molecule has 45 heavy (non-hydrogen) atoms. The molecule has 0 fully saturated rings. The highest BCUT2D eigenvalue weighted by molar-refractivity contribution is 6.04. The smallest absolute Gasteiger partial charge is 0.326 e. The third-order valence-electron chi connectivity index (χ3n) is 7.37. The summed E-state index contributed by atoms with van der Waals surface area (Å²) in [7, 11) is 2.78. The van der Waals surface area contributed by atoms with E-state index in [1.54, 1.807) is 54.3 Å². The van der Waals surface area contributed by atoms with Gasteiger partial charge in [0.1, 0.15) is 11.5 Å². The Balaban J connectivity index is 1.20. The Morgan fingerprint density at radius 2 is 1.76 bits per heavy atom. The largest absolute Gasteiger partial charge is 0.495 e. The van der Waals surface area contributed by atoms with E-state index in [1.807, 2.05) is 24.3 Å². The van der Waals surface area contributed by atoms with E-state index in [2.05, 4.69) is 21.1 Å². The van der Waals surface area contributed by atoms with Crippen molar-refractivity contribution in [2.75, 3.05) is 36.3 Å². The molecular formula is C33H33N5O7. The number of carbonyl (C=O) groups is 4. The van der Waals surface area contributed by atoms with E-state index in [0.717, 1.165) is 17.7 Å². The van der Waals surface area contributed by atoms with Gasteiger partial charge in [0.2, 0.25) is 5.91 Å². The normalized spacial score (nSPS) is 12.6. The van der Waals surface area contributed by atoms with Gasteiger partial charge >= 0.3 is 12.0 Å². The zero-order chi connectivity index (χ0) is 31.9. The van der Waals surface area contributed by atoms with Crippen LogP contribution in [0.4, 0.5) is 21.9 Å². The summed E-state index contributed by atoms with van der Waals surface area (Å²) in [6.07, 6.45) is 0.754. The number of hydrogen-bond donors (Lipinski definition) is 3. The zero-order valence-corrected chi connectivity index (χ0v) is 25.1. The van der Waals surface area contributed by atoms with Crippen molar-refractivity contribution in [3.8, 4) is 5.75 Å². The molecule has 3 N–H and O–H groups in total. The number of hydrogen-bond acceptors (Lipinski definition) is 8. The van der Waals surface area contributed by atoms with Crippen LogP contribution in [0.15, 0.2) is 77.3 Å². The highest BCUT2D eigenvalue weighted by atomic mass is 16.5. The van der Waals surface area contributed by atoms with Crippen LogP contribution < -0.4 is 25.6 Å². The standard InChI is InChI=1S/C33H33N5O7/c1-20-16-27(37-45-20)32(41)35-26(19-31(40)44-3)22-9-11-24(12-10-22)34-30(39)18-21-8-13-25(29(17-21)43-2)36-33(42)38-15-14-23-6-4-5-7-28(23)38/h4-13,16-17,26H,14-15,18-19H2,1-3H3,(H,34,39)(H,35,41)(H,36,42)/t26-/m1/s1. The number of methoxy groups -OCH3 is 2. The van der Waals surface area contributed by atoms with Gasteiger partial charge < -0.3 is 29.9 Å². The minimum atomic E-state index is -0.696. The van der Waals surface area contributed by atoms with Crippen LogP contribution in [0.1, 0.15) is 45.4 Å². The van der Waals surface area contributed by atoms with Crippen molar-refractivity contribution < 1.29 is 33.2 Å². The number of rotatable bonds is 10. The summed E-state index contributed by atoms with van der Waals surface area (Å²) in [5, 5.41) is 12.3. The van der Waals surface area contributed by atoms with Crippen LogP contribution in [0.25, 0.3) is 0 Å². The van der Waals surface area contributed by atoms with Gasteiger partial charge in [-0.25, -0.2) is 4.79 Å². The van der Waals surface area contributed by atoms with Gasteiger partial charge in [-0.2, -0.15) is 0 Å². The van der Waals surface area contributed by atoms with E-state index in [9.17, 15) is 19.2 Å². The fraction of sp³-hybridized carbons (Fsp3) is 0.242. The Bertz CT molecular complexity index is 1720. The Labute approximate surface area is 259 Å². The predicted octanol–water partition coefficient (Wildman–Crippen LogP) is 4.80. The molecule has 1 atom stereocenters. The van der Waals surface area contributed by atoms with Crippen molar-refractivity contribution in [1.82, 2.24) is 10.5 Å². The Hall–Kier alpha value is -5.65. The molecule has 1 aliphatic rings. The third kappa shape index (κ3) is 7.47. The first-order valence-corrected chi connectivity index (χ1v) is 14.3. The number of fused-ring (bicyclic) bond motifs is 1. The Kier molecular flexibility index (Phi) is 9.42. The number of amides is 4. The minimum Gasteiger partial charge on any atom is -0.495 e. The van der Waals surface area contributed by atoms with Gasteiger partial charge in [-0.05, 0) is 60.4 Å². The third-order valence-corrected chi connectivity index (χ3v) is 7.37. The summed E-state index contributed by atoms with van der Waals surface area (Å²) in [5.41, 5.74) is 4.46. The summed E-state index contributed by atoms with van der Waals surface area (Å²) >= 11 is 0. The minimum absolute atomic E-state index is 0.0595. The summed E-state index contributed by atoms with van der Waals surface area (Å²) < 4.78 is 15.3. The van der Waals surface area contributed by atoms with Crippen LogP contribution in [0.3, 0.4) is 0 Å². The number of ether oxygens (including phenoxy) is 2. The molecule has 5 rings (SSSR count). The lowest BCUT2D eigenvalue weighted by Gasteiger charge is -2.19. The van der Waals surface area contributed by atoms with Crippen LogP contribution in [-0.4, -0.2) is 49.7 Å². The molecule has 4 aromatic rings. The first-order chi connectivity index (χ1) is 21.7. The number of esters is 1. The maximum Gasteiger partial charge on any atom is 0.326 e. The van der Waals surface area contributed by atoms with E-state index in [1.165, 1.54) is 20.3 Å². The van der Waals surface area contributed by atoms with E-state index in [0.29, 0.717) is 40.6 Å². The van der Waals surface area contributed by atoms with Gasteiger partial charge in [0.05, 0.1) is 38.8 Å². The number of para-hydroxylation sites is 1. The molecule has 0 spiro atoms. The molecule has 0 radical (unpaired) electrons. The molecule has 1 aliphatic heterocycles. The quantitative estimate of drug-likeness (QED) is 0.216. The molecule has 2 heterocycles. The number of aryl methyl sites for hydroxylation is 1. The van der Waals surface area contributed by atoms with E-state index < -0.39 is 17.9 Å². The van der Waals surface area contributed by atoms with Gasteiger partial charge in [0.15, 0.2) is 5.69 Å². The molecule has 0 saturated carbocycles. The van der Waals surface area contributed by atoms with Gasteiger partial charge in [0.25, 0.3) is 5.91 Å². The second-order valence-corrected chi connectivity index (χ2v) is 10.5. The molecule has 12 heteroatoms. The SMILES string of the molecule is COC(=O)C[C@@H](NC(=O)c1cc(C)on1)c1ccc(NC(=O)Cc2ccc(NC(=O)N3CCc4ccccc43)c(OC)c2)cc1. The lowest BCUT2D eigenvalue weighted by molar-refractivity contribution is -0.141. The highest BCUT2D eigenvalue weighted by Gasteiger charge is 2.25. The number of aromatic nitrogens is 1. The summed E-state index contributed by atoms with van der Waals surface area (Å²) in [4.78, 5) is 52.3. The molecule has 1 aromatic heterocycles. The van der Waals surface area contributed by atoms with Crippen molar-refractivity contribution in [3.05, 3.63) is 101 Å². The number of benzene rings is 3. The summed E-state index contributed by atoms with van der Waals surface area (Å²) in [5.74, 6) is -0.354. The lowest BCUT2D eigenvalue weighted by atomic mass is 10.0. The Morgan fingerprint density at radius 1 is 0.978 bits per heavy atom. The fourth-order valence-electron chi connectivity index (χ4n) is 5.08. The maximum atomic E-state index is 13.0.